The first-order valence-corrected chi connectivity index (χ1v) is 22.6. The van der Waals surface area contributed by atoms with Crippen LogP contribution in [0.25, 0.3) is 22.1 Å². The molecule has 0 aliphatic rings. The zero-order valence-corrected chi connectivity index (χ0v) is 35.3. The predicted molar refractivity (Wildman–Crippen MR) is 238 cm³/mol. The van der Waals surface area contributed by atoms with Gasteiger partial charge in [0.05, 0.1) is 13.1 Å². The molecule has 56 heavy (non-hydrogen) atoms. The molecule has 301 valence electrons. The van der Waals surface area contributed by atoms with Crippen molar-refractivity contribution in [1.29, 1.82) is 0 Å². The average molecular weight is 800 g/mol. The fraction of sp³-hybridized carbons (Fsp3) is 0.545. The van der Waals surface area contributed by atoms with Crippen LogP contribution in [0.5, 0.6) is 5.75 Å². The van der Waals surface area contributed by atoms with Gasteiger partial charge in [-0.2, -0.15) is 25.3 Å². The molecule has 0 unspecified atom stereocenters. The van der Waals surface area contributed by atoms with Crippen LogP contribution < -0.4 is 19.3 Å². The summed E-state index contributed by atoms with van der Waals surface area (Å²) in [4.78, 5) is 0. The Balaban J connectivity index is 1.44. The van der Waals surface area contributed by atoms with Crippen molar-refractivity contribution in [3.63, 3.8) is 0 Å². The first-order valence-electron chi connectivity index (χ1n) is 21.4. The predicted octanol–water partition coefficient (Wildman–Crippen LogP) is 7.73. The van der Waals surface area contributed by atoms with E-state index in [1.807, 2.05) is 36.4 Å². The highest BCUT2D eigenvalue weighted by atomic mass is 32.1. The molecule has 12 heteroatoms. The Bertz CT molecular complexity index is 1890. The molecule has 0 atom stereocenters. The number of benzene rings is 3. The first kappa shape index (κ1) is 44.2. The molecule has 0 spiro atoms. The summed E-state index contributed by atoms with van der Waals surface area (Å²) in [5.74, 6) is 2.62. The number of para-hydroxylation sites is 1. The molecule has 1 radical (unpaired) electrons. The molecule has 0 aliphatic carbocycles. The third-order valence-corrected chi connectivity index (χ3v) is 11.8. The van der Waals surface area contributed by atoms with E-state index in [0.29, 0.717) is 24.3 Å². The Morgan fingerprint density at radius 2 is 0.946 bits per heavy atom. The molecule has 0 aliphatic heterocycles. The quantitative estimate of drug-likeness (QED) is 0.0148. The summed E-state index contributed by atoms with van der Waals surface area (Å²) in [5, 5.41) is 29.9. The van der Waals surface area contributed by atoms with Crippen molar-refractivity contribution in [2.45, 2.75) is 142 Å². The van der Waals surface area contributed by atoms with Crippen LogP contribution in [-0.2, 0) is 26.2 Å². The molecule has 2 heterocycles. The van der Waals surface area contributed by atoms with Gasteiger partial charge in [0, 0.05) is 5.56 Å². The van der Waals surface area contributed by atoms with E-state index in [1.54, 1.807) is 6.07 Å². The first-order chi connectivity index (χ1) is 27.5. The van der Waals surface area contributed by atoms with Crippen molar-refractivity contribution in [3.8, 4) is 5.75 Å². The average Bonchev–Trinajstić information content (AvgIpc) is 3.74. The van der Waals surface area contributed by atoms with Gasteiger partial charge in [0.25, 0.3) is 0 Å². The highest BCUT2D eigenvalue weighted by Crippen LogP contribution is 2.26. The van der Waals surface area contributed by atoms with Gasteiger partial charge in [0.15, 0.2) is 11.0 Å². The van der Waals surface area contributed by atoms with Crippen molar-refractivity contribution in [2.24, 2.45) is 0 Å². The summed E-state index contributed by atoms with van der Waals surface area (Å²) in [6, 6.07) is 19.9. The van der Waals surface area contributed by atoms with Crippen LogP contribution >= 0.6 is 25.3 Å². The fourth-order valence-electron chi connectivity index (χ4n) is 8.12. The van der Waals surface area contributed by atoms with Gasteiger partial charge in [-0.15, -0.1) is 0 Å². The van der Waals surface area contributed by atoms with Crippen LogP contribution in [0.4, 0.5) is 0 Å². The highest BCUT2D eigenvalue weighted by Gasteiger charge is 2.28. The molecule has 0 saturated heterocycles. The van der Waals surface area contributed by atoms with Crippen LogP contribution in [0, 0.1) is 0 Å². The normalized spacial score (nSPS) is 11.6. The standard InChI is InChI=1S/C44H63B2N4O4S2/c51-45-54-42-26-18-16-24-38(42)34-50-36-48(30-20-12-8-4-2-6-10-14-22-32-56)44-41(50)28-27-40-43(44)47(29-19-11-7-3-1-5-9-13-21-31-55)35-49(40)33-37-23-15-17-25-39(37)46(52)53/h15-18,23-28,35-36,51-53H,1-14,19-22,29-34H2/p+2. The summed E-state index contributed by atoms with van der Waals surface area (Å²) in [6.07, 6.45) is 27.1. The van der Waals surface area contributed by atoms with Crippen molar-refractivity contribution in [3.05, 3.63) is 84.4 Å². The number of thiol groups is 2. The lowest BCUT2D eigenvalue weighted by Crippen LogP contribution is -2.37. The summed E-state index contributed by atoms with van der Waals surface area (Å²) in [6.45, 7) is 2.97. The lowest BCUT2D eigenvalue weighted by Gasteiger charge is -2.07. The third kappa shape index (κ3) is 13.1. The number of aryl methyl sites for hydroxylation is 2. The zero-order valence-electron chi connectivity index (χ0n) is 33.5. The second kappa shape index (κ2) is 24.8. The number of nitrogens with zero attached hydrogens (tertiary/aromatic N) is 4. The number of hydrogen-bond donors (Lipinski definition) is 5. The van der Waals surface area contributed by atoms with Crippen LogP contribution in [-0.4, -0.2) is 50.5 Å². The SMILES string of the molecule is O[B]Oc1ccccc1Cn1c[n+](CCCCCCCCCCCS)c2c1ccc1c2[n+](CCCCCCCCCCCS)cn1Cc1ccccc1B(O)O. The molecule has 5 aromatic rings. The van der Waals surface area contributed by atoms with Crippen LogP contribution in [0.1, 0.15) is 127 Å². The Morgan fingerprint density at radius 3 is 1.41 bits per heavy atom. The summed E-state index contributed by atoms with van der Waals surface area (Å²) in [7, 11) is -0.775. The van der Waals surface area contributed by atoms with E-state index in [0.717, 1.165) is 67.3 Å². The zero-order chi connectivity index (χ0) is 39.4. The van der Waals surface area contributed by atoms with Gasteiger partial charge < -0.3 is 19.7 Å². The van der Waals surface area contributed by atoms with Crippen LogP contribution in [0.3, 0.4) is 0 Å². The largest absolute Gasteiger partial charge is 0.569 e. The van der Waals surface area contributed by atoms with Crippen molar-refractivity contribution >= 4 is 67.6 Å². The smallest absolute Gasteiger partial charge is 0.537 e. The second-order valence-corrected chi connectivity index (χ2v) is 16.3. The van der Waals surface area contributed by atoms with E-state index >= 15 is 0 Å². The molecule has 0 fully saturated rings. The lowest BCUT2D eigenvalue weighted by molar-refractivity contribution is -0.690. The Hall–Kier alpha value is -2.89. The molecule has 0 saturated carbocycles. The topological polar surface area (TPSA) is 87.5 Å². The second-order valence-electron chi connectivity index (χ2n) is 15.4. The maximum Gasteiger partial charge on any atom is 0.569 e. The van der Waals surface area contributed by atoms with E-state index in [9.17, 15) is 15.1 Å². The van der Waals surface area contributed by atoms with Crippen LogP contribution in [0.15, 0.2) is 73.3 Å². The monoisotopic (exact) mass is 799 g/mol. The van der Waals surface area contributed by atoms with Gasteiger partial charge in [-0.25, -0.2) is 18.3 Å². The number of aromatic nitrogens is 4. The van der Waals surface area contributed by atoms with Crippen molar-refractivity contribution in [1.82, 2.24) is 9.13 Å². The molecule has 3 N–H and O–H groups in total. The molecule has 3 aromatic carbocycles. The Kier molecular flexibility index (Phi) is 19.6. The number of hydrogen-bond acceptors (Lipinski definition) is 6. The Labute approximate surface area is 347 Å². The van der Waals surface area contributed by atoms with Gasteiger partial charge in [-0.1, -0.05) is 120 Å². The maximum absolute atomic E-state index is 10.2. The number of rotatable bonds is 29. The molecule has 5 rings (SSSR count). The highest BCUT2D eigenvalue weighted by molar-refractivity contribution is 7.80. The number of imidazole rings is 2. The van der Waals surface area contributed by atoms with Crippen LogP contribution in [0.2, 0.25) is 0 Å². The molecule has 0 amide bonds. The van der Waals surface area contributed by atoms with E-state index in [4.69, 9.17) is 4.65 Å². The lowest BCUT2D eigenvalue weighted by atomic mass is 9.77. The molecular weight excluding hydrogens is 734 g/mol. The minimum atomic E-state index is -1.53. The maximum atomic E-state index is 10.2. The summed E-state index contributed by atoms with van der Waals surface area (Å²) in [5.41, 5.74) is 7.12. The van der Waals surface area contributed by atoms with E-state index in [2.05, 4.69) is 74.4 Å². The van der Waals surface area contributed by atoms with Crippen molar-refractivity contribution < 1.29 is 28.9 Å². The van der Waals surface area contributed by atoms with E-state index < -0.39 is 7.12 Å². The van der Waals surface area contributed by atoms with E-state index in [1.165, 1.54) is 114 Å². The number of unbranched alkanes of at least 4 members (excludes halogenated alkanes) is 16. The summed E-state index contributed by atoms with van der Waals surface area (Å²) >= 11 is 8.70. The minimum absolute atomic E-state index is 0.535. The van der Waals surface area contributed by atoms with E-state index in [-0.39, 0.29) is 0 Å². The third-order valence-electron chi connectivity index (χ3n) is 11.1. The Morgan fingerprint density at radius 1 is 0.536 bits per heavy atom. The fourth-order valence-corrected chi connectivity index (χ4v) is 8.57. The van der Waals surface area contributed by atoms with Crippen molar-refractivity contribution in [2.75, 3.05) is 11.5 Å². The van der Waals surface area contributed by atoms with Gasteiger partial charge in [0.2, 0.25) is 23.7 Å². The number of fused-ring (bicyclic) bond motifs is 3. The summed E-state index contributed by atoms with van der Waals surface area (Å²) < 4.78 is 15.0. The molecular formula is C44H65B2N4O4S2+2. The molecule has 2 aromatic heterocycles. The van der Waals surface area contributed by atoms with Gasteiger partial charge in [-0.05, 0) is 79.3 Å². The van der Waals surface area contributed by atoms with Gasteiger partial charge in [-0.3, -0.25) is 0 Å². The molecule has 8 nitrogen and oxygen atoms in total. The van der Waals surface area contributed by atoms with Gasteiger partial charge >= 0.3 is 14.8 Å². The van der Waals surface area contributed by atoms with Gasteiger partial charge in [0.1, 0.15) is 18.8 Å². The minimum Gasteiger partial charge on any atom is -0.537 e. The molecule has 0 bridgehead atoms.